The molecule has 94 valence electrons. The van der Waals surface area contributed by atoms with Gasteiger partial charge in [0.05, 0.1) is 6.10 Å². The minimum Gasteiger partial charge on any atom is -0.377 e. The van der Waals surface area contributed by atoms with Gasteiger partial charge in [-0.05, 0) is 39.2 Å². The van der Waals surface area contributed by atoms with Crippen molar-refractivity contribution < 1.29 is 4.74 Å². The number of likely N-dealkylation sites (N-methyl/N-ethyl adjacent to an activating group) is 1. The molecule has 0 aromatic rings. The highest BCUT2D eigenvalue weighted by molar-refractivity contribution is 4.76. The number of rotatable bonds is 3. The SMILES string of the molecule is CN(CC1CCCCO1)C1CCCCCC1. The molecule has 0 amide bonds. The van der Waals surface area contributed by atoms with Crippen LogP contribution in [0.5, 0.6) is 0 Å². The zero-order chi connectivity index (χ0) is 11.2. The molecule has 1 heterocycles. The van der Waals surface area contributed by atoms with E-state index in [1.807, 2.05) is 0 Å². The topological polar surface area (TPSA) is 12.5 Å². The summed E-state index contributed by atoms with van der Waals surface area (Å²) in [7, 11) is 2.30. The molecule has 1 saturated carbocycles. The van der Waals surface area contributed by atoms with Gasteiger partial charge in [0.2, 0.25) is 0 Å². The van der Waals surface area contributed by atoms with Crippen LogP contribution < -0.4 is 0 Å². The summed E-state index contributed by atoms with van der Waals surface area (Å²) in [6.45, 7) is 2.15. The Hall–Kier alpha value is -0.0800. The molecule has 1 atom stereocenters. The Bertz CT molecular complexity index is 181. The second kappa shape index (κ2) is 6.61. The molecule has 16 heavy (non-hydrogen) atoms. The Morgan fingerprint density at radius 3 is 2.25 bits per heavy atom. The quantitative estimate of drug-likeness (QED) is 0.684. The number of nitrogens with zero attached hydrogens (tertiary/aromatic N) is 1. The minimum absolute atomic E-state index is 0.516. The first-order valence-electron chi connectivity index (χ1n) is 7.18. The highest BCUT2D eigenvalue weighted by Crippen LogP contribution is 2.22. The van der Waals surface area contributed by atoms with Crippen molar-refractivity contribution in [3.63, 3.8) is 0 Å². The van der Waals surface area contributed by atoms with E-state index >= 15 is 0 Å². The van der Waals surface area contributed by atoms with E-state index in [1.165, 1.54) is 57.8 Å². The summed E-state index contributed by atoms with van der Waals surface area (Å²) in [5.74, 6) is 0. The Morgan fingerprint density at radius 2 is 1.62 bits per heavy atom. The van der Waals surface area contributed by atoms with E-state index in [1.54, 1.807) is 0 Å². The summed E-state index contributed by atoms with van der Waals surface area (Å²) >= 11 is 0. The van der Waals surface area contributed by atoms with Crippen LogP contribution in [0.25, 0.3) is 0 Å². The summed E-state index contributed by atoms with van der Waals surface area (Å²) < 4.78 is 5.83. The van der Waals surface area contributed by atoms with Gasteiger partial charge in [0.1, 0.15) is 0 Å². The van der Waals surface area contributed by atoms with Crippen molar-refractivity contribution in [1.29, 1.82) is 0 Å². The largest absolute Gasteiger partial charge is 0.377 e. The summed E-state index contributed by atoms with van der Waals surface area (Å²) in [4.78, 5) is 2.57. The van der Waals surface area contributed by atoms with E-state index in [0.717, 1.165) is 19.2 Å². The maximum absolute atomic E-state index is 5.83. The molecule has 0 N–H and O–H groups in total. The maximum atomic E-state index is 5.83. The van der Waals surface area contributed by atoms with E-state index in [4.69, 9.17) is 4.74 Å². The predicted octanol–water partition coefficient (Wildman–Crippen LogP) is 3.21. The van der Waals surface area contributed by atoms with E-state index in [0.29, 0.717) is 6.10 Å². The van der Waals surface area contributed by atoms with E-state index in [2.05, 4.69) is 11.9 Å². The number of hydrogen-bond acceptors (Lipinski definition) is 2. The van der Waals surface area contributed by atoms with Crippen LogP contribution in [0.4, 0.5) is 0 Å². The van der Waals surface area contributed by atoms with Crippen molar-refractivity contribution in [2.75, 3.05) is 20.2 Å². The van der Waals surface area contributed by atoms with Gasteiger partial charge < -0.3 is 9.64 Å². The van der Waals surface area contributed by atoms with Crippen molar-refractivity contribution in [3.05, 3.63) is 0 Å². The van der Waals surface area contributed by atoms with E-state index in [-0.39, 0.29) is 0 Å². The molecule has 2 aliphatic rings. The van der Waals surface area contributed by atoms with Gasteiger partial charge in [0.15, 0.2) is 0 Å². The molecule has 0 aromatic carbocycles. The van der Waals surface area contributed by atoms with E-state index < -0.39 is 0 Å². The molecule has 0 spiro atoms. The van der Waals surface area contributed by atoms with Gasteiger partial charge in [0.25, 0.3) is 0 Å². The number of hydrogen-bond donors (Lipinski definition) is 0. The van der Waals surface area contributed by atoms with Crippen molar-refractivity contribution in [2.45, 2.75) is 69.9 Å². The standard InChI is InChI=1S/C14H27NO/c1-15(12-14-10-6-7-11-16-14)13-8-4-2-3-5-9-13/h13-14H,2-12H2,1H3. The van der Waals surface area contributed by atoms with Gasteiger partial charge in [-0.3, -0.25) is 0 Å². The number of ether oxygens (including phenoxy) is 1. The highest BCUT2D eigenvalue weighted by Gasteiger charge is 2.21. The van der Waals surface area contributed by atoms with Crippen LogP contribution in [0.15, 0.2) is 0 Å². The molecule has 2 nitrogen and oxygen atoms in total. The first-order chi connectivity index (χ1) is 7.86. The van der Waals surface area contributed by atoms with Gasteiger partial charge in [0, 0.05) is 19.2 Å². The molecular weight excluding hydrogens is 198 g/mol. The zero-order valence-corrected chi connectivity index (χ0v) is 10.8. The van der Waals surface area contributed by atoms with Gasteiger partial charge in [-0.1, -0.05) is 25.7 Å². The smallest absolute Gasteiger partial charge is 0.0702 e. The lowest BCUT2D eigenvalue weighted by molar-refractivity contribution is -0.00921. The highest BCUT2D eigenvalue weighted by atomic mass is 16.5. The fourth-order valence-corrected chi connectivity index (χ4v) is 3.12. The first-order valence-corrected chi connectivity index (χ1v) is 7.18. The third-order valence-electron chi connectivity index (χ3n) is 4.21. The normalized spacial score (nSPS) is 29.2. The van der Waals surface area contributed by atoms with Crippen LogP contribution in [-0.4, -0.2) is 37.2 Å². The first kappa shape index (κ1) is 12.4. The molecule has 1 saturated heterocycles. The van der Waals surface area contributed by atoms with Crippen LogP contribution in [0.3, 0.4) is 0 Å². The van der Waals surface area contributed by atoms with Gasteiger partial charge in [-0.15, -0.1) is 0 Å². The molecular formula is C14H27NO. The Balaban J connectivity index is 1.74. The second-order valence-electron chi connectivity index (χ2n) is 5.57. The summed E-state index contributed by atoms with van der Waals surface area (Å²) in [5.41, 5.74) is 0. The third kappa shape index (κ3) is 3.74. The minimum atomic E-state index is 0.516. The van der Waals surface area contributed by atoms with Crippen molar-refractivity contribution in [3.8, 4) is 0 Å². The molecule has 0 radical (unpaired) electrons. The zero-order valence-electron chi connectivity index (χ0n) is 10.8. The fourth-order valence-electron chi connectivity index (χ4n) is 3.12. The van der Waals surface area contributed by atoms with Crippen LogP contribution in [-0.2, 0) is 4.74 Å². The Labute approximate surface area is 100 Å². The average molecular weight is 225 g/mol. The molecule has 1 aliphatic carbocycles. The lowest BCUT2D eigenvalue weighted by atomic mass is 10.0. The second-order valence-corrected chi connectivity index (χ2v) is 5.57. The fraction of sp³-hybridized carbons (Fsp3) is 1.00. The third-order valence-corrected chi connectivity index (χ3v) is 4.21. The van der Waals surface area contributed by atoms with Crippen molar-refractivity contribution >= 4 is 0 Å². The maximum Gasteiger partial charge on any atom is 0.0702 e. The van der Waals surface area contributed by atoms with Gasteiger partial charge in [-0.2, -0.15) is 0 Å². The van der Waals surface area contributed by atoms with Crippen molar-refractivity contribution in [2.24, 2.45) is 0 Å². The lowest BCUT2D eigenvalue weighted by Crippen LogP contribution is -2.39. The van der Waals surface area contributed by atoms with Crippen LogP contribution in [0.2, 0.25) is 0 Å². The molecule has 1 unspecified atom stereocenters. The predicted molar refractivity (Wildman–Crippen MR) is 67.7 cm³/mol. The van der Waals surface area contributed by atoms with Crippen LogP contribution in [0.1, 0.15) is 57.8 Å². The molecule has 2 fully saturated rings. The Morgan fingerprint density at radius 1 is 0.938 bits per heavy atom. The summed E-state index contributed by atoms with van der Waals surface area (Å²) in [5, 5.41) is 0. The molecule has 1 aliphatic heterocycles. The van der Waals surface area contributed by atoms with Crippen LogP contribution >= 0.6 is 0 Å². The van der Waals surface area contributed by atoms with Crippen molar-refractivity contribution in [1.82, 2.24) is 4.90 Å². The molecule has 2 rings (SSSR count). The molecule has 2 heteroatoms. The Kier molecular flexibility index (Phi) is 5.11. The molecule has 0 bridgehead atoms. The van der Waals surface area contributed by atoms with Gasteiger partial charge >= 0.3 is 0 Å². The molecule has 0 aromatic heterocycles. The average Bonchev–Trinajstić information content (AvgIpc) is 2.59. The van der Waals surface area contributed by atoms with Gasteiger partial charge in [-0.25, -0.2) is 0 Å². The summed E-state index contributed by atoms with van der Waals surface area (Å²) in [6, 6.07) is 0.827. The van der Waals surface area contributed by atoms with Crippen LogP contribution in [0, 0.1) is 0 Å². The van der Waals surface area contributed by atoms with E-state index in [9.17, 15) is 0 Å². The lowest BCUT2D eigenvalue weighted by Gasteiger charge is -2.32. The summed E-state index contributed by atoms with van der Waals surface area (Å²) in [6.07, 6.45) is 13.0. The monoisotopic (exact) mass is 225 g/mol.